The van der Waals surface area contributed by atoms with Crippen LogP contribution in [0.1, 0.15) is 22.8 Å². The maximum absolute atomic E-state index is 12.5. The van der Waals surface area contributed by atoms with Crippen LogP contribution in [0.25, 0.3) is 0 Å². The number of nitrogens with two attached hydrogens (primary N) is 1. The summed E-state index contributed by atoms with van der Waals surface area (Å²) in [6, 6.07) is 3.35. The van der Waals surface area contributed by atoms with E-state index in [4.69, 9.17) is 17.3 Å². The molecule has 0 fully saturated rings. The highest BCUT2D eigenvalue weighted by molar-refractivity contribution is 6.31. The molecule has 1 aliphatic rings. The number of carbonyl (C=O) groups is 2. The van der Waals surface area contributed by atoms with Gasteiger partial charge in [-0.25, -0.2) is 4.99 Å². The Kier molecular flexibility index (Phi) is 6.19. The standard InChI is InChI=1S/C17H20ClN5O2/c1-3-20-14-8-11(18)7-12(10(14)2)17(25)23-9-13(15(19)24)16-21-5-4-6-22-16/h4-8,20-21H,3,9H2,1-2H3,(H2,19,24)(H,23,25)/b16-13-. The van der Waals surface area contributed by atoms with E-state index in [1.54, 1.807) is 24.4 Å². The number of hydrogen-bond donors (Lipinski definition) is 4. The van der Waals surface area contributed by atoms with Gasteiger partial charge in [0.15, 0.2) is 0 Å². The molecule has 1 aliphatic heterocycles. The first-order chi connectivity index (χ1) is 11.9. The summed E-state index contributed by atoms with van der Waals surface area (Å²) in [5, 5.41) is 9.13. The van der Waals surface area contributed by atoms with Crippen molar-refractivity contribution < 1.29 is 9.59 Å². The number of hydrogen-bond acceptors (Lipinski definition) is 5. The zero-order chi connectivity index (χ0) is 18.4. The quantitative estimate of drug-likeness (QED) is 0.578. The van der Waals surface area contributed by atoms with Gasteiger partial charge in [0.1, 0.15) is 5.82 Å². The molecule has 0 unspecified atom stereocenters. The van der Waals surface area contributed by atoms with Gasteiger partial charge in [0.05, 0.1) is 12.1 Å². The number of amides is 2. The molecule has 0 saturated heterocycles. The molecule has 25 heavy (non-hydrogen) atoms. The fraction of sp³-hybridized carbons (Fsp3) is 0.235. The SMILES string of the molecule is CCNc1cc(Cl)cc(C(=O)NC/C(C(N)=O)=C2/N=CC=CN2)c1C. The van der Waals surface area contributed by atoms with Crippen molar-refractivity contribution in [2.24, 2.45) is 10.7 Å². The van der Waals surface area contributed by atoms with Crippen LogP contribution >= 0.6 is 11.6 Å². The van der Waals surface area contributed by atoms with Gasteiger partial charge in [0, 0.05) is 35.2 Å². The first-order valence-electron chi connectivity index (χ1n) is 7.75. The number of aliphatic imine (C=N–C) groups is 1. The number of nitrogens with zero attached hydrogens (tertiary/aromatic N) is 1. The van der Waals surface area contributed by atoms with E-state index in [-0.39, 0.29) is 18.0 Å². The predicted octanol–water partition coefficient (Wildman–Crippen LogP) is 1.69. The molecule has 0 aliphatic carbocycles. The Hall–Kier alpha value is -2.80. The van der Waals surface area contributed by atoms with E-state index in [0.29, 0.717) is 23.0 Å². The fourth-order valence-corrected chi connectivity index (χ4v) is 2.55. The Balaban J connectivity index is 2.21. The van der Waals surface area contributed by atoms with E-state index in [0.717, 1.165) is 11.3 Å². The third kappa shape index (κ3) is 4.60. The van der Waals surface area contributed by atoms with Crippen LogP contribution in [0.15, 0.2) is 40.8 Å². The van der Waals surface area contributed by atoms with E-state index >= 15 is 0 Å². The molecule has 0 spiro atoms. The summed E-state index contributed by atoms with van der Waals surface area (Å²) in [6.07, 6.45) is 4.83. The van der Waals surface area contributed by atoms with E-state index in [1.165, 1.54) is 6.21 Å². The molecule has 1 heterocycles. The zero-order valence-corrected chi connectivity index (χ0v) is 14.8. The lowest BCUT2D eigenvalue weighted by atomic mass is 10.1. The van der Waals surface area contributed by atoms with Gasteiger partial charge in [-0.2, -0.15) is 0 Å². The summed E-state index contributed by atoms with van der Waals surface area (Å²) in [6.45, 7) is 4.44. The predicted molar refractivity (Wildman–Crippen MR) is 99.7 cm³/mol. The fourth-order valence-electron chi connectivity index (χ4n) is 2.33. The number of primary amides is 1. The average molecular weight is 362 g/mol. The Morgan fingerprint density at radius 1 is 1.36 bits per heavy atom. The molecule has 8 heteroatoms. The molecule has 2 amide bonds. The Morgan fingerprint density at radius 2 is 2.12 bits per heavy atom. The van der Waals surface area contributed by atoms with Crippen molar-refractivity contribution in [3.8, 4) is 0 Å². The second-order valence-corrected chi connectivity index (χ2v) is 5.75. The Labute approximate surface area is 151 Å². The highest BCUT2D eigenvalue weighted by Gasteiger charge is 2.17. The van der Waals surface area contributed by atoms with Crippen molar-refractivity contribution in [2.45, 2.75) is 13.8 Å². The zero-order valence-electron chi connectivity index (χ0n) is 14.0. The molecule has 0 aromatic heterocycles. The van der Waals surface area contributed by atoms with Crippen LogP contribution in [-0.4, -0.2) is 31.1 Å². The summed E-state index contributed by atoms with van der Waals surface area (Å²) in [7, 11) is 0. The molecule has 1 aromatic carbocycles. The van der Waals surface area contributed by atoms with Crippen LogP contribution in [-0.2, 0) is 4.79 Å². The molecule has 0 bridgehead atoms. The van der Waals surface area contributed by atoms with Crippen LogP contribution < -0.4 is 21.7 Å². The van der Waals surface area contributed by atoms with Crippen molar-refractivity contribution in [3.05, 3.63) is 52.0 Å². The summed E-state index contributed by atoms with van der Waals surface area (Å²) in [5.41, 5.74) is 7.56. The normalized spacial score (nSPS) is 14.7. The van der Waals surface area contributed by atoms with Gasteiger partial charge in [-0.05, 0) is 37.6 Å². The van der Waals surface area contributed by atoms with E-state index in [1.807, 2.05) is 13.8 Å². The summed E-state index contributed by atoms with van der Waals surface area (Å²) < 4.78 is 0. The molecule has 1 aromatic rings. The van der Waals surface area contributed by atoms with Gasteiger partial charge in [-0.3, -0.25) is 9.59 Å². The van der Waals surface area contributed by atoms with Crippen LogP contribution in [0.5, 0.6) is 0 Å². The number of nitrogens with one attached hydrogen (secondary N) is 3. The van der Waals surface area contributed by atoms with Crippen LogP contribution in [0, 0.1) is 6.92 Å². The number of allylic oxidation sites excluding steroid dienone is 1. The third-order valence-electron chi connectivity index (χ3n) is 3.60. The molecule has 0 saturated carbocycles. The smallest absolute Gasteiger partial charge is 0.251 e. The topological polar surface area (TPSA) is 109 Å². The van der Waals surface area contributed by atoms with Crippen molar-refractivity contribution >= 4 is 35.3 Å². The van der Waals surface area contributed by atoms with Gasteiger partial charge in [0.2, 0.25) is 5.91 Å². The maximum Gasteiger partial charge on any atom is 0.251 e. The van der Waals surface area contributed by atoms with Crippen LogP contribution in [0.2, 0.25) is 5.02 Å². The first kappa shape index (κ1) is 18.5. The highest BCUT2D eigenvalue weighted by Crippen LogP contribution is 2.24. The average Bonchev–Trinajstić information content (AvgIpc) is 2.58. The summed E-state index contributed by atoms with van der Waals surface area (Å²) in [5.74, 6) is -0.702. The number of halogens is 1. The number of carbonyl (C=O) groups excluding carboxylic acids is 2. The minimum atomic E-state index is -0.661. The monoisotopic (exact) mass is 361 g/mol. The second-order valence-electron chi connectivity index (χ2n) is 5.31. The molecule has 5 N–H and O–H groups in total. The number of benzene rings is 1. The van der Waals surface area contributed by atoms with E-state index in [9.17, 15) is 9.59 Å². The van der Waals surface area contributed by atoms with E-state index in [2.05, 4.69) is 20.9 Å². The second kappa shape index (κ2) is 8.34. The lowest BCUT2D eigenvalue weighted by Crippen LogP contribution is -2.33. The minimum Gasteiger partial charge on any atom is -0.385 e. The first-order valence-corrected chi connectivity index (χ1v) is 8.12. The highest BCUT2D eigenvalue weighted by atomic mass is 35.5. The van der Waals surface area contributed by atoms with Crippen molar-refractivity contribution in [1.82, 2.24) is 10.6 Å². The molecule has 0 radical (unpaired) electrons. The van der Waals surface area contributed by atoms with Gasteiger partial charge in [0.25, 0.3) is 5.91 Å². The van der Waals surface area contributed by atoms with E-state index < -0.39 is 5.91 Å². The Morgan fingerprint density at radius 3 is 2.72 bits per heavy atom. The van der Waals surface area contributed by atoms with Crippen molar-refractivity contribution in [3.63, 3.8) is 0 Å². The largest absolute Gasteiger partial charge is 0.385 e. The minimum absolute atomic E-state index is 0.0514. The summed E-state index contributed by atoms with van der Waals surface area (Å²) >= 11 is 6.10. The van der Waals surface area contributed by atoms with Gasteiger partial charge < -0.3 is 21.7 Å². The Bertz CT molecular complexity index is 783. The molecular formula is C17H20ClN5O2. The molecule has 2 rings (SSSR count). The molecular weight excluding hydrogens is 342 g/mol. The number of anilines is 1. The van der Waals surface area contributed by atoms with Gasteiger partial charge >= 0.3 is 0 Å². The van der Waals surface area contributed by atoms with Crippen LogP contribution in [0.3, 0.4) is 0 Å². The number of rotatable bonds is 6. The van der Waals surface area contributed by atoms with Gasteiger partial charge in [-0.1, -0.05) is 11.6 Å². The molecule has 7 nitrogen and oxygen atoms in total. The maximum atomic E-state index is 12.5. The molecule has 132 valence electrons. The molecule has 0 atom stereocenters. The summed E-state index contributed by atoms with van der Waals surface area (Å²) in [4.78, 5) is 28.2. The van der Waals surface area contributed by atoms with Crippen molar-refractivity contribution in [1.29, 1.82) is 0 Å². The lowest BCUT2D eigenvalue weighted by molar-refractivity contribution is -0.114. The lowest BCUT2D eigenvalue weighted by Gasteiger charge is -2.15. The third-order valence-corrected chi connectivity index (χ3v) is 3.82. The van der Waals surface area contributed by atoms with Gasteiger partial charge in [-0.15, -0.1) is 0 Å². The van der Waals surface area contributed by atoms with Crippen molar-refractivity contribution in [2.75, 3.05) is 18.4 Å². The van der Waals surface area contributed by atoms with Crippen LogP contribution in [0.4, 0.5) is 5.69 Å².